The Kier molecular flexibility index (Phi) is 35.8. The maximum atomic E-state index is 12.4. The van der Waals surface area contributed by atoms with Crippen LogP contribution in [-0.2, 0) is 27.9 Å². The third-order valence-corrected chi connectivity index (χ3v) is 9.20. The fourth-order valence-corrected chi connectivity index (χ4v) is 5.88. The van der Waals surface area contributed by atoms with Gasteiger partial charge in [-0.15, -0.1) is 0 Å². The maximum Gasteiger partial charge on any atom is 0.472 e. The molecule has 0 saturated heterocycles. The van der Waals surface area contributed by atoms with Gasteiger partial charge in [0.05, 0.1) is 31.7 Å². The van der Waals surface area contributed by atoms with E-state index in [4.69, 9.17) is 24.3 Å². The van der Waals surface area contributed by atoms with Gasteiger partial charge in [-0.3, -0.25) is 13.8 Å². The minimum atomic E-state index is -4.32. The van der Waals surface area contributed by atoms with Crippen LogP contribution in [0.25, 0.3) is 0 Å². The number of carbonyl (C=O) groups excluding carboxylic acids is 1. The fourth-order valence-electron chi connectivity index (χ4n) is 5.11. The second kappa shape index (κ2) is 37.3. The summed E-state index contributed by atoms with van der Waals surface area (Å²) in [7, 11) is -4.32. The summed E-state index contributed by atoms with van der Waals surface area (Å²) in [5, 5.41) is 20.2. The molecule has 0 aliphatic rings. The summed E-state index contributed by atoms with van der Waals surface area (Å²) in [6, 6.07) is 0. The number of hydrogen-bond donors (Lipinski definition) is 4. The maximum absolute atomic E-state index is 12.4. The van der Waals surface area contributed by atoms with E-state index in [0.717, 1.165) is 25.7 Å². The third kappa shape index (κ3) is 36.3. The van der Waals surface area contributed by atoms with Gasteiger partial charge in [0, 0.05) is 13.0 Å². The number of ether oxygens (including phenoxy) is 2. The van der Waals surface area contributed by atoms with Crippen molar-refractivity contribution >= 4 is 13.8 Å². The number of carbonyl (C=O) groups is 1. The van der Waals surface area contributed by atoms with Crippen LogP contribution in [0.2, 0.25) is 0 Å². The second-order valence-corrected chi connectivity index (χ2v) is 14.7. The van der Waals surface area contributed by atoms with Crippen LogP contribution in [0.5, 0.6) is 0 Å². The Bertz CT molecular complexity index is 1010. The SMILES string of the molecule is CCCCC/C=C\C[C@@H](O)/C=C/C=C/C=C\[C@@H](O)CCCC(=O)OC[C@H](COP(=O)(O)OCCN)O/C=C/CCCCCCCCCCCCCC. The second-order valence-electron chi connectivity index (χ2n) is 13.3. The van der Waals surface area contributed by atoms with Crippen LogP contribution in [0, 0.1) is 0 Å². The Morgan fingerprint density at radius 3 is 1.88 bits per heavy atom. The van der Waals surface area contributed by atoms with Gasteiger partial charge < -0.3 is 30.3 Å². The summed E-state index contributed by atoms with van der Waals surface area (Å²) < 4.78 is 32.9. The number of nitrogens with two attached hydrogens (primary N) is 1. The Morgan fingerprint density at radius 2 is 1.25 bits per heavy atom. The molecule has 11 heteroatoms. The Balaban J connectivity index is 4.41. The highest BCUT2D eigenvalue weighted by Gasteiger charge is 2.24. The molecule has 52 heavy (non-hydrogen) atoms. The van der Waals surface area contributed by atoms with Crippen molar-refractivity contribution in [1.82, 2.24) is 0 Å². The average Bonchev–Trinajstić information content (AvgIpc) is 3.12. The zero-order valence-corrected chi connectivity index (χ0v) is 33.4. The van der Waals surface area contributed by atoms with Crippen molar-refractivity contribution in [2.75, 3.05) is 26.4 Å². The van der Waals surface area contributed by atoms with Gasteiger partial charge in [-0.1, -0.05) is 146 Å². The van der Waals surface area contributed by atoms with Crippen LogP contribution >= 0.6 is 7.82 Å². The van der Waals surface area contributed by atoms with Gasteiger partial charge in [0.2, 0.25) is 0 Å². The predicted octanol–water partition coefficient (Wildman–Crippen LogP) is 9.70. The van der Waals surface area contributed by atoms with Crippen molar-refractivity contribution in [2.24, 2.45) is 5.73 Å². The van der Waals surface area contributed by atoms with E-state index in [9.17, 15) is 24.5 Å². The van der Waals surface area contributed by atoms with Gasteiger partial charge in [0.15, 0.2) is 6.10 Å². The molecule has 0 fully saturated rings. The largest absolute Gasteiger partial charge is 0.492 e. The average molecular weight is 756 g/mol. The van der Waals surface area contributed by atoms with Crippen LogP contribution in [0.15, 0.2) is 60.9 Å². The lowest BCUT2D eigenvalue weighted by Crippen LogP contribution is -2.25. The number of allylic oxidation sites excluding steroid dienone is 6. The van der Waals surface area contributed by atoms with Crippen molar-refractivity contribution in [2.45, 2.75) is 167 Å². The first kappa shape index (κ1) is 50.0. The normalized spacial score (nSPS) is 15.3. The van der Waals surface area contributed by atoms with Gasteiger partial charge in [0.1, 0.15) is 6.61 Å². The smallest absolute Gasteiger partial charge is 0.472 e. The highest BCUT2D eigenvalue weighted by molar-refractivity contribution is 7.47. The van der Waals surface area contributed by atoms with Gasteiger partial charge in [0.25, 0.3) is 0 Å². The molecule has 0 aliphatic heterocycles. The highest BCUT2D eigenvalue weighted by Crippen LogP contribution is 2.43. The monoisotopic (exact) mass is 756 g/mol. The number of aliphatic hydroxyl groups is 2. The summed E-state index contributed by atoms with van der Waals surface area (Å²) in [6.07, 6.45) is 38.2. The Hall–Kier alpha value is -2.04. The third-order valence-electron chi connectivity index (χ3n) is 8.22. The number of hydrogen-bond acceptors (Lipinski definition) is 9. The lowest BCUT2D eigenvalue weighted by Gasteiger charge is -2.19. The van der Waals surface area contributed by atoms with E-state index >= 15 is 0 Å². The van der Waals surface area contributed by atoms with Gasteiger partial charge in [-0.2, -0.15) is 0 Å². The molecule has 0 amide bonds. The van der Waals surface area contributed by atoms with Crippen LogP contribution in [0.1, 0.15) is 149 Å². The predicted molar refractivity (Wildman–Crippen MR) is 213 cm³/mol. The van der Waals surface area contributed by atoms with E-state index in [1.807, 2.05) is 12.2 Å². The van der Waals surface area contributed by atoms with Crippen LogP contribution in [0.4, 0.5) is 0 Å². The van der Waals surface area contributed by atoms with Crippen LogP contribution in [-0.4, -0.2) is 65.8 Å². The molecule has 0 aromatic carbocycles. The molecule has 10 nitrogen and oxygen atoms in total. The topological polar surface area (TPSA) is 158 Å². The minimum Gasteiger partial charge on any atom is -0.492 e. The number of unbranched alkanes of at least 4 members (excludes halogenated alkanes) is 15. The standard InChI is InChI=1S/C41H74NO9P/c1-3-5-7-9-11-12-13-14-15-16-17-18-22-26-34-48-40(37-51-52(46,47)50-35-33-42)36-49-41(45)32-27-31-39(44)30-25-21-20-24-29-38(43)28-23-19-10-8-6-4-2/h19-21,23-26,29-30,34,38-40,43-44H,3-18,22,27-28,31-33,35-37,42H2,1-2H3,(H,46,47)/b21-20+,23-19-,29-24+,30-25-,34-26+/t38-,39-,40-/m1/s1. The summed E-state index contributed by atoms with van der Waals surface area (Å²) in [6.45, 7) is 3.85. The molecule has 0 saturated carbocycles. The first-order valence-corrected chi connectivity index (χ1v) is 21.5. The van der Waals surface area contributed by atoms with Crippen molar-refractivity contribution < 1.29 is 43.0 Å². The molecule has 0 aromatic rings. The lowest BCUT2D eigenvalue weighted by molar-refractivity contribution is -0.147. The summed E-state index contributed by atoms with van der Waals surface area (Å²) in [4.78, 5) is 22.2. The quantitative estimate of drug-likeness (QED) is 0.0120. The van der Waals surface area contributed by atoms with E-state index < -0.39 is 32.1 Å². The van der Waals surface area contributed by atoms with Crippen LogP contribution in [0.3, 0.4) is 0 Å². The van der Waals surface area contributed by atoms with Crippen molar-refractivity contribution in [3.8, 4) is 0 Å². The molecule has 1 unspecified atom stereocenters. The molecule has 5 N–H and O–H groups in total. The van der Waals surface area contributed by atoms with E-state index in [2.05, 4.69) is 19.9 Å². The number of phosphoric acid groups is 1. The minimum absolute atomic E-state index is 0.0639. The fraction of sp³-hybridized carbons (Fsp3) is 0.732. The molecule has 302 valence electrons. The molecular formula is C41H74NO9P. The highest BCUT2D eigenvalue weighted by atomic mass is 31.2. The number of esters is 1. The van der Waals surface area contributed by atoms with Crippen molar-refractivity contribution in [1.29, 1.82) is 0 Å². The Labute approximate surface area is 316 Å². The van der Waals surface area contributed by atoms with Gasteiger partial charge >= 0.3 is 13.8 Å². The zero-order valence-electron chi connectivity index (χ0n) is 32.5. The van der Waals surface area contributed by atoms with Crippen molar-refractivity contribution in [3.05, 3.63) is 60.9 Å². The number of rotatable bonds is 37. The molecule has 0 radical (unpaired) electrons. The molecule has 0 heterocycles. The molecule has 4 atom stereocenters. The van der Waals surface area contributed by atoms with E-state index in [-0.39, 0.29) is 32.8 Å². The van der Waals surface area contributed by atoms with E-state index in [0.29, 0.717) is 19.3 Å². The van der Waals surface area contributed by atoms with E-state index in [1.54, 1.807) is 36.5 Å². The molecule has 0 aliphatic carbocycles. The first-order valence-electron chi connectivity index (χ1n) is 20.0. The molecule has 0 spiro atoms. The number of phosphoric ester groups is 1. The molecule has 0 bridgehead atoms. The molecule has 0 aromatic heterocycles. The Morgan fingerprint density at radius 1 is 0.692 bits per heavy atom. The van der Waals surface area contributed by atoms with E-state index in [1.165, 1.54) is 89.7 Å². The summed E-state index contributed by atoms with van der Waals surface area (Å²) in [5.41, 5.74) is 5.34. The number of aliphatic hydroxyl groups excluding tert-OH is 2. The zero-order chi connectivity index (χ0) is 38.4. The summed E-state index contributed by atoms with van der Waals surface area (Å²) >= 11 is 0. The van der Waals surface area contributed by atoms with Gasteiger partial charge in [-0.05, 0) is 51.0 Å². The molecule has 0 rings (SSSR count). The first-order chi connectivity index (χ1) is 25.2. The van der Waals surface area contributed by atoms with Crippen molar-refractivity contribution in [3.63, 3.8) is 0 Å². The van der Waals surface area contributed by atoms with Crippen LogP contribution < -0.4 is 5.73 Å². The molecular weight excluding hydrogens is 681 g/mol. The lowest BCUT2D eigenvalue weighted by atomic mass is 10.0. The van der Waals surface area contributed by atoms with Gasteiger partial charge in [-0.25, -0.2) is 4.57 Å². The summed E-state index contributed by atoms with van der Waals surface area (Å²) in [5.74, 6) is -0.476.